The number of amides is 1. The van der Waals surface area contributed by atoms with Crippen molar-refractivity contribution in [3.05, 3.63) is 66.1 Å². The Morgan fingerprint density at radius 2 is 1.97 bits per heavy atom. The minimum absolute atomic E-state index is 0.0433. The molecule has 7 heteroatoms. The van der Waals surface area contributed by atoms with Gasteiger partial charge in [-0.15, -0.1) is 0 Å². The van der Waals surface area contributed by atoms with Crippen LogP contribution in [0.15, 0.2) is 54.9 Å². The highest BCUT2D eigenvalue weighted by Crippen LogP contribution is 2.30. The summed E-state index contributed by atoms with van der Waals surface area (Å²) in [4.78, 5) is 30.8. The maximum Gasteiger partial charge on any atom is 0.253 e. The number of hydrogen-bond acceptors (Lipinski definition) is 6. The molecule has 1 aliphatic rings. The molecule has 4 rings (SSSR count). The minimum atomic E-state index is 0.0433. The van der Waals surface area contributed by atoms with Crippen molar-refractivity contribution in [1.29, 1.82) is 0 Å². The Morgan fingerprint density at radius 3 is 2.65 bits per heavy atom. The molecule has 1 fully saturated rings. The molecule has 1 amide bonds. The smallest absolute Gasteiger partial charge is 0.253 e. The van der Waals surface area contributed by atoms with Crippen molar-refractivity contribution in [3.8, 4) is 17.1 Å². The van der Waals surface area contributed by atoms with Crippen molar-refractivity contribution < 1.29 is 9.53 Å². The minimum Gasteiger partial charge on any atom is -0.497 e. The van der Waals surface area contributed by atoms with Crippen LogP contribution in [0.5, 0.6) is 5.75 Å². The van der Waals surface area contributed by atoms with E-state index >= 15 is 0 Å². The zero-order valence-corrected chi connectivity index (χ0v) is 18.2. The topological polar surface area (TPSA) is 71.5 Å². The molecule has 0 aliphatic carbocycles. The lowest BCUT2D eigenvalue weighted by molar-refractivity contribution is 0.0706. The van der Waals surface area contributed by atoms with Crippen LogP contribution in [-0.4, -0.2) is 60.1 Å². The number of anilines is 1. The summed E-state index contributed by atoms with van der Waals surface area (Å²) >= 11 is 0. The van der Waals surface area contributed by atoms with Crippen LogP contribution in [0.4, 0.5) is 5.82 Å². The average Bonchev–Trinajstić information content (AvgIpc) is 2.84. The molecule has 2 aromatic heterocycles. The Bertz CT molecular complexity index is 1040. The van der Waals surface area contributed by atoms with Gasteiger partial charge >= 0.3 is 0 Å². The van der Waals surface area contributed by atoms with E-state index < -0.39 is 0 Å². The molecular formula is C24H27N5O2. The van der Waals surface area contributed by atoms with Gasteiger partial charge in [0.05, 0.1) is 12.8 Å². The second-order valence-electron chi connectivity index (χ2n) is 7.93. The van der Waals surface area contributed by atoms with Gasteiger partial charge in [0.2, 0.25) is 0 Å². The normalized spacial score (nSPS) is 16.1. The van der Waals surface area contributed by atoms with E-state index in [-0.39, 0.29) is 11.8 Å². The van der Waals surface area contributed by atoms with Gasteiger partial charge in [-0.05, 0) is 49.2 Å². The van der Waals surface area contributed by atoms with Crippen molar-refractivity contribution in [2.24, 2.45) is 0 Å². The number of benzene rings is 1. The maximum atomic E-state index is 13.1. The van der Waals surface area contributed by atoms with Crippen LogP contribution in [0.2, 0.25) is 0 Å². The van der Waals surface area contributed by atoms with Gasteiger partial charge in [-0.25, -0.2) is 9.97 Å². The molecule has 7 nitrogen and oxygen atoms in total. The lowest BCUT2D eigenvalue weighted by Gasteiger charge is -2.33. The fraction of sp³-hybridized carbons (Fsp3) is 0.333. The van der Waals surface area contributed by atoms with E-state index in [1.807, 2.05) is 66.4 Å². The third kappa shape index (κ3) is 4.66. The highest BCUT2D eigenvalue weighted by Gasteiger charge is 2.27. The number of nitrogens with zero attached hydrogens (tertiary/aromatic N) is 5. The molecule has 1 aliphatic heterocycles. The molecule has 0 radical (unpaired) electrons. The molecule has 31 heavy (non-hydrogen) atoms. The number of carbonyl (C=O) groups is 1. The van der Waals surface area contributed by atoms with Gasteiger partial charge in [0.25, 0.3) is 5.91 Å². The molecule has 3 heterocycles. The summed E-state index contributed by atoms with van der Waals surface area (Å²) < 4.78 is 5.20. The number of rotatable bonds is 5. The highest BCUT2D eigenvalue weighted by atomic mass is 16.5. The summed E-state index contributed by atoms with van der Waals surface area (Å²) in [6.45, 7) is 1.39. The van der Waals surface area contributed by atoms with Crippen LogP contribution < -0.4 is 9.64 Å². The molecule has 0 spiro atoms. The fourth-order valence-corrected chi connectivity index (χ4v) is 3.83. The Kier molecular flexibility index (Phi) is 6.11. The second kappa shape index (κ2) is 9.12. The van der Waals surface area contributed by atoms with Gasteiger partial charge in [0, 0.05) is 62.7 Å². The van der Waals surface area contributed by atoms with Crippen molar-refractivity contribution >= 4 is 11.7 Å². The SMILES string of the molecule is COc1ccc(C(=O)N2CCC[C@@H](c3cc(N(C)C)nc(-c4cccnc4)n3)C2)cc1. The first-order valence-corrected chi connectivity index (χ1v) is 10.4. The number of likely N-dealkylation sites (tertiary alicyclic amines) is 1. The largest absolute Gasteiger partial charge is 0.497 e. The van der Waals surface area contributed by atoms with Crippen LogP contribution in [0.1, 0.15) is 34.8 Å². The van der Waals surface area contributed by atoms with Crippen LogP contribution >= 0.6 is 0 Å². The summed E-state index contributed by atoms with van der Waals surface area (Å²) in [5.41, 5.74) is 2.52. The zero-order valence-electron chi connectivity index (χ0n) is 18.2. The van der Waals surface area contributed by atoms with Gasteiger partial charge < -0.3 is 14.5 Å². The van der Waals surface area contributed by atoms with Gasteiger partial charge in [-0.1, -0.05) is 0 Å². The number of piperidine rings is 1. The Labute approximate surface area is 182 Å². The summed E-state index contributed by atoms with van der Waals surface area (Å²) in [6.07, 6.45) is 5.45. The molecule has 1 atom stereocenters. The van der Waals surface area contributed by atoms with E-state index in [0.717, 1.165) is 42.2 Å². The van der Waals surface area contributed by atoms with Crippen LogP contribution in [0.3, 0.4) is 0 Å². The third-order valence-corrected chi connectivity index (χ3v) is 5.57. The molecule has 3 aromatic rings. The first-order valence-electron chi connectivity index (χ1n) is 10.4. The number of methoxy groups -OCH3 is 1. The Balaban J connectivity index is 1.60. The molecule has 0 N–H and O–H groups in total. The van der Waals surface area contributed by atoms with Crippen LogP contribution in [0, 0.1) is 0 Å². The molecule has 0 saturated carbocycles. The first-order chi connectivity index (χ1) is 15.0. The number of aromatic nitrogens is 3. The van der Waals surface area contributed by atoms with E-state index in [2.05, 4.69) is 4.98 Å². The summed E-state index contributed by atoms with van der Waals surface area (Å²) in [5, 5.41) is 0. The maximum absolute atomic E-state index is 13.1. The number of hydrogen-bond donors (Lipinski definition) is 0. The molecule has 1 saturated heterocycles. The molecule has 0 bridgehead atoms. The number of carbonyl (C=O) groups excluding carboxylic acids is 1. The van der Waals surface area contributed by atoms with Crippen LogP contribution in [-0.2, 0) is 0 Å². The van der Waals surface area contributed by atoms with Crippen molar-refractivity contribution in [2.45, 2.75) is 18.8 Å². The van der Waals surface area contributed by atoms with Crippen molar-refractivity contribution in [1.82, 2.24) is 19.9 Å². The molecule has 1 aromatic carbocycles. The zero-order chi connectivity index (χ0) is 21.8. The van der Waals surface area contributed by atoms with Gasteiger partial charge in [-0.2, -0.15) is 0 Å². The first kappa shape index (κ1) is 20.8. The van der Waals surface area contributed by atoms with Gasteiger partial charge in [-0.3, -0.25) is 9.78 Å². The van der Waals surface area contributed by atoms with E-state index in [4.69, 9.17) is 14.7 Å². The monoisotopic (exact) mass is 417 g/mol. The van der Waals surface area contributed by atoms with Crippen LogP contribution in [0.25, 0.3) is 11.4 Å². The average molecular weight is 418 g/mol. The lowest BCUT2D eigenvalue weighted by atomic mass is 9.93. The molecular weight excluding hydrogens is 390 g/mol. The predicted molar refractivity (Wildman–Crippen MR) is 120 cm³/mol. The van der Waals surface area contributed by atoms with E-state index in [1.165, 1.54) is 0 Å². The summed E-state index contributed by atoms with van der Waals surface area (Å²) in [5.74, 6) is 2.46. The Morgan fingerprint density at radius 1 is 1.16 bits per heavy atom. The standard InChI is InChI=1S/C24H27N5O2/c1-28(2)22-14-21(26-23(27-22)18-6-4-12-25-15-18)19-7-5-13-29(16-19)24(30)17-8-10-20(31-3)11-9-17/h4,6,8-12,14-15,19H,5,7,13,16H2,1-3H3/t19-/m1/s1. The molecule has 0 unspecified atom stereocenters. The number of ether oxygens (including phenoxy) is 1. The number of pyridine rings is 1. The van der Waals surface area contributed by atoms with E-state index in [0.29, 0.717) is 17.9 Å². The molecule has 160 valence electrons. The predicted octanol–water partition coefficient (Wildman–Crippen LogP) is 3.63. The Hall–Kier alpha value is -3.48. The second-order valence-corrected chi connectivity index (χ2v) is 7.93. The van der Waals surface area contributed by atoms with Gasteiger partial charge in [0.15, 0.2) is 5.82 Å². The van der Waals surface area contributed by atoms with Crippen molar-refractivity contribution in [3.63, 3.8) is 0 Å². The lowest BCUT2D eigenvalue weighted by Crippen LogP contribution is -2.39. The van der Waals surface area contributed by atoms with E-state index in [1.54, 1.807) is 19.5 Å². The quantitative estimate of drug-likeness (QED) is 0.631. The third-order valence-electron chi connectivity index (χ3n) is 5.57. The fourth-order valence-electron chi connectivity index (χ4n) is 3.83. The van der Waals surface area contributed by atoms with E-state index in [9.17, 15) is 4.79 Å². The van der Waals surface area contributed by atoms with Gasteiger partial charge in [0.1, 0.15) is 11.6 Å². The van der Waals surface area contributed by atoms with Crippen molar-refractivity contribution in [2.75, 3.05) is 39.2 Å². The summed E-state index contributed by atoms with van der Waals surface area (Å²) in [7, 11) is 5.56. The summed E-state index contributed by atoms with van der Waals surface area (Å²) in [6, 6.07) is 13.2. The highest BCUT2D eigenvalue weighted by molar-refractivity contribution is 5.94.